The number of anilines is 1. The first-order chi connectivity index (χ1) is 16.6. The molecule has 1 N–H and O–H groups in total. The number of hydrogen-bond acceptors (Lipinski definition) is 5. The van der Waals surface area contributed by atoms with Crippen LogP contribution >= 0.6 is 0 Å². The number of carbonyl (C=O) groups is 2. The Kier molecular flexibility index (Phi) is 7.44. The molecule has 0 aliphatic carbocycles. The van der Waals surface area contributed by atoms with Gasteiger partial charge in [-0.15, -0.1) is 0 Å². The number of hydrogen-bond donors (Lipinski definition) is 1. The minimum Gasteiger partial charge on any atom is -0.497 e. The van der Waals surface area contributed by atoms with Gasteiger partial charge in [0.15, 0.2) is 0 Å². The molecule has 2 amide bonds. The molecule has 0 bridgehead atoms. The zero-order valence-electron chi connectivity index (χ0n) is 19.3. The first kappa shape index (κ1) is 23.3. The number of methoxy groups -OCH3 is 2. The van der Waals surface area contributed by atoms with E-state index in [-0.39, 0.29) is 24.8 Å². The molecule has 0 saturated carbocycles. The first-order valence-corrected chi connectivity index (χ1v) is 11.2. The molecule has 1 aliphatic heterocycles. The van der Waals surface area contributed by atoms with E-state index in [1.165, 1.54) is 0 Å². The van der Waals surface area contributed by atoms with Crippen LogP contribution in [0.2, 0.25) is 0 Å². The smallest absolute Gasteiger partial charge is 0.249 e. The highest BCUT2D eigenvalue weighted by atomic mass is 16.6. The van der Waals surface area contributed by atoms with E-state index in [0.717, 1.165) is 11.1 Å². The number of benzene rings is 3. The van der Waals surface area contributed by atoms with Crippen LogP contribution in [0.4, 0.5) is 5.69 Å². The van der Waals surface area contributed by atoms with Crippen molar-refractivity contribution in [3.05, 3.63) is 90.0 Å². The van der Waals surface area contributed by atoms with Crippen LogP contribution in [0.5, 0.6) is 11.5 Å². The number of ether oxygens (including phenoxy) is 2. The first-order valence-electron chi connectivity index (χ1n) is 11.2. The summed E-state index contributed by atoms with van der Waals surface area (Å²) in [6, 6.07) is 23.8. The fraction of sp³-hybridized carbons (Fsp3) is 0.259. The van der Waals surface area contributed by atoms with Crippen molar-refractivity contribution >= 4 is 17.5 Å². The lowest BCUT2D eigenvalue weighted by Gasteiger charge is -2.41. The lowest BCUT2D eigenvalue weighted by Crippen LogP contribution is -2.48. The van der Waals surface area contributed by atoms with E-state index in [2.05, 4.69) is 5.48 Å². The molecule has 2 atom stereocenters. The summed E-state index contributed by atoms with van der Waals surface area (Å²) in [4.78, 5) is 33.7. The van der Waals surface area contributed by atoms with Crippen LogP contribution in [0.25, 0.3) is 0 Å². The summed E-state index contributed by atoms with van der Waals surface area (Å²) in [5, 5.41) is 0. The van der Waals surface area contributed by atoms with Gasteiger partial charge in [-0.05, 0) is 42.3 Å². The van der Waals surface area contributed by atoms with Gasteiger partial charge in [-0.1, -0.05) is 48.5 Å². The summed E-state index contributed by atoms with van der Waals surface area (Å²) in [5.74, 6) is 0.425. The average molecular weight is 461 g/mol. The lowest BCUT2D eigenvalue weighted by atomic mass is 9.83. The Morgan fingerprint density at radius 1 is 0.941 bits per heavy atom. The number of nitrogens with zero attached hydrogens (tertiary/aromatic N) is 1. The van der Waals surface area contributed by atoms with Gasteiger partial charge in [0.25, 0.3) is 0 Å². The predicted molar refractivity (Wildman–Crippen MR) is 128 cm³/mol. The number of para-hydroxylation sites is 1. The molecule has 0 radical (unpaired) electrons. The maximum Gasteiger partial charge on any atom is 0.249 e. The van der Waals surface area contributed by atoms with E-state index in [4.69, 9.17) is 14.3 Å². The summed E-state index contributed by atoms with van der Waals surface area (Å²) in [6.45, 7) is 0.250. The third-order valence-corrected chi connectivity index (χ3v) is 6.00. The molecule has 7 nitrogen and oxygen atoms in total. The van der Waals surface area contributed by atoms with Gasteiger partial charge in [0.2, 0.25) is 11.8 Å². The molecule has 3 aromatic carbocycles. The molecule has 0 spiro atoms. The maximum absolute atomic E-state index is 13.3. The SMILES string of the molecule is COc1ccc(N2C(=O)CC[C@@H](C(=O)NOCc3ccccc3)[C@@H]2c2ccccc2OC)cc1. The van der Waals surface area contributed by atoms with E-state index in [9.17, 15) is 9.59 Å². The molecule has 0 aromatic heterocycles. The van der Waals surface area contributed by atoms with Crippen LogP contribution in [-0.2, 0) is 21.0 Å². The highest BCUT2D eigenvalue weighted by Gasteiger charge is 2.42. The Bertz CT molecular complexity index is 1120. The van der Waals surface area contributed by atoms with Gasteiger partial charge in [0, 0.05) is 17.7 Å². The molecular formula is C27H28N2O5. The molecule has 3 aromatic rings. The van der Waals surface area contributed by atoms with Gasteiger partial charge >= 0.3 is 0 Å². The zero-order valence-corrected chi connectivity index (χ0v) is 19.3. The van der Waals surface area contributed by atoms with Gasteiger partial charge in [-0.3, -0.25) is 14.4 Å². The van der Waals surface area contributed by atoms with E-state index in [1.807, 2.05) is 66.7 Å². The standard InChI is InChI=1S/C27H28N2O5/c1-32-21-14-12-20(13-15-21)29-25(30)17-16-23(26(29)22-10-6-7-11-24(22)33-2)27(31)28-34-18-19-8-4-3-5-9-19/h3-15,23,26H,16-18H2,1-2H3,(H,28,31)/t23-,26+/m1/s1. The third-order valence-electron chi connectivity index (χ3n) is 6.00. The van der Waals surface area contributed by atoms with Crippen molar-refractivity contribution in [1.29, 1.82) is 0 Å². The molecule has 1 saturated heterocycles. The Hall–Kier alpha value is -3.84. The minimum atomic E-state index is -0.564. The van der Waals surface area contributed by atoms with Crippen LogP contribution in [0.1, 0.15) is 30.0 Å². The minimum absolute atomic E-state index is 0.0599. The molecule has 176 valence electrons. The summed E-state index contributed by atoms with van der Waals surface area (Å²) in [7, 11) is 3.17. The van der Waals surface area contributed by atoms with Crippen molar-refractivity contribution < 1.29 is 23.9 Å². The largest absolute Gasteiger partial charge is 0.497 e. The highest BCUT2D eigenvalue weighted by Crippen LogP contribution is 2.43. The number of rotatable bonds is 8. The van der Waals surface area contributed by atoms with Gasteiger partial charge < -0.3 is 14.4 Å². The number of amides is 2. The Morgan fingerprint density at radius 2 is 1.65 bits per heavy atom. The average Bonchev–Trinajstić information content (AvgIpc) is 2.89. The quantitative estimate of drug-likeness (QED) is 0.503. The molecule has 1 fully saturated rings. The highest BCUT2D eigenvalue weighted by molar-refractivity contribution is 5.97. The summed E-state index contributed by atoms with van der Waals surface area (Å²) >= 11 is 0. The number of carbonyl (C=O) groups excluding carboxylic acids is 2. The molecule has 34 heavy (non-hydrogen) atoms. The number of hydroxylamine groups is 1. The van der Waals surface area contributed by atoms with Crippen LogP contribution in [0, 0.1) is 5.92 Å². The summed E-state index contributed by atoms with van der Waals surface area (Å²) in [5.41, 5.74) is 5.00. The summed E-state index contributed by atoms with van der Waals surface area (Å²) in [6.07, 6.45) is 0.642. The Morgan fingerprint density at radius 3 is 2.35 bits per heavy atom. The van der Waals surface area contributed by atoms with Gasteiger partial charge in [-0.25, -0.2) is 5.48 Å². The molecule has 1 aliphatic rings. The van der Waals surface area contributed by atoms with E-state index in [1.54, 1.807) is 31.3 Å². The second-order valence-electron chi connectivity index (χ2n) is 8.03. The Labute approximate surface area is 199 Å². The van der Waals surface area contributed by atoms with Crippen molar-refractivity contribution in [2.75, 3.05) is 19.1 Å². The van der Waals surface area contributed by atoms with Gasteiger partial charge in [0.1, 0.15) is 11.5 Å². The topological polar surface area (TPSA) is 77.1 Å². The van der Waals surface area contributed by atoms with Crippen molar-refractivity contribution in [1.82, 2.24) is 5.48 Å². The number of piperidine rings is 1. The molecule has 4 rings (SSSR count). The van der Waals surface area contributed by atoms with Crippen LogP contribution in [0.3, 0.4) is 0 Å². The van der Waals surface area contributed by atoms with Crippen molar-refractivity contribution in [2.45, 2.75) is 25.5 Å². The van der Waals surface area contributed by atoms with Crippen LogP contribution in [-0.4, -0.2) is 26.0 Å². The van der Waals surface area contributed by atoms with Crippen molar-refractivity contribution in [2.24, 2.45) is 5.92 Å². The van der Waals surface area contributed by atoms with Gasteiger partial charge in [0.05, 0.1) is 32.8 Å². The van der Waals surface area contributed by atoms with E-state index >= 15 is 0 Å². The van der Waals surface area contributed by atoms with Crippen molar-refractivity contribution in [3.8, 4) is 11.5 Å². The zero-order chi connectivity index (χ0) is 23.9. The van der Waals surface area contributed by atoms with E-state index < -0.39 is 12.0 Å². The van der Waals surface area contributed by atoms with Gasteiger partial charge in [-0.2, -0.15) is 0 Å². The second-order valence-corrected chi connectivity index (χ2v) is 8.03. The fourth-order valence-electron chi connectivity index (χ4n) is 4.32. The number of nitrogens with one attached hydrogen (secondary N) is 1. The maximum atomic E-state index is 13.3. The molecule has 7 heteroatoms. The molecule has 0 unspecified atom stereocenters. The van der Waals surface area contributed by atoms with E-state index in [0.29, 0.717) is 23.6 Å². The third kappa shape index (κ3) is 5.05. The molecule has 1 heterocycles. The fourth-order valence-corrected chi connectivity index (χ4v) is 4.32. The monoisotopic (exact) mass is 460 g/mol. The molecular weight excluding hydrogens is 432 g/mol. The van der Waals surface area contributed by atoms with Crippen LogP contribution in [0.15, 0.2) is 78.9 Å². The van der Waals surface area contributed by atoms with Crippen LogP contribution < -0.4 is 19.9 Å². The second kappa shape index (κ2) is 10.9. The lowest BCUT2D eigenvalue weighted by molar-refractivity contribution is -0.141. The predicted octanol–water partition coefficient (Wildman–Crippen LogP) is 4.44. The summed E-state index contributed by atoms with van der Waals surface area (Å²) < 4.78 is 10.9. The Balaban J connectivity index is 1.65. The normalized spacial score (nSPS) is 17.8. The van der Waals surface area contributed by atoms with Crippen molar-refractivity contribution in [3.63, 3.8) is 0 Å².